The third-order valence-electron chi connectivity index (χ3n) is 2.99. The summed E-state index contributed by atoms with van der Waals surface area (Å²) in [5, 5.41) is 2.52. The van der Waals surface area contributed by atoms with E-state index >= 15 is 0 Å². The summed E-state index contributed by atoms with van der Waals surface area (Å²) in [5.74, 6) is -0.262. The van der Waals surface area contributed by atoms with Crippen molar-refractivity contribution >= 4 is 22.9 Å². The molecule has 1 aromatic rings. The Morgan fingerprint density at radius 3 is 2.57 bits per heavy atom. The first kappa shape index (κ1) is 19.1. The molecular formula is C14H23N5O3S. The highest BCUT2D eigenvalue weighted by Crippen LogP contribution is 2.09. The maximum Gasteiger partial charge on any atom is 0.239 e. The van der Waals surface area contributed by atoms with Crippen LogP contribution in [0, 0.1) is 6.92 Å². The van der Waals surface area contributed by atoms with Gasteiger partial charge in [-0.05, 0) is 31.9 Å². The molecule has 128 valence electrons. The lowest BCUT2D eigenvalue weighted by Crippen LogP contribution is -2.43. The van der Waals surface area contributed by atoms with Crippen molar-refractivity contribution in [3.63, 3.8) is 0 Å². The van der Waals surface area contributed by atoms with Crippen LogP contribution in [-0.4, -0.2) is 35.7 Å². The average molecular weight is 341 g/mol. The number of hydrogen-bond donors (Lipinski definition) is 4. The smallest absolute Gasteiger partial charge is 0.239 e. The zero-order chi connectivity index (χ0) is 17.2. The van der Waals surface area contributed by atoms with Crippen molar-refractivity contribution in [1.29, 1.82) is 0 Å². The summed E-state index contributed by atoms with van der Waals surface area (Å²) in [4.78, 5) is 16.2. The number of aliphatic imine (C=N–C) groups is 1. The van der Waals surface area contributed by atoms with Crippen LogP contribution in [0.5, 0.6) is 0 Å². The van der Waals surface area contributed by atoms with Crippen LogP contribution in [0.3, 0.4) is 0 Å². The molecule has 1 amide bonds. The van der Waals surface area contributed by atoms with E-state index < -0.39 is 17.1 Å². The molecule has 9 heteroatoms. The quantitative estimate of drug-likeness (QED) is 0.211. The number of carbonyl (C=O) groups is 1. The van der Waals surface area contributed by atoms with E-state index in [1.165, 1.54) is 7.05 Å². The van der Waals surface area contributed by atoms with Crippen molar-refractivity contribution < 1.29 is 13.3 Å². The van der Waals surface area contributed by atoms with Crippen LogP contribution < -0.4 is 22.3 Å². The molecule has 0 radical (unpaired) electrons. The lowest BCUT2D eigenvalue weighted by molar-refractivity contribution is -0.124. The first-order valence-electron chi connectivity index (χ1n) is 7.12. The number of benzene rings is 1. The lowest BCUT2D eigenvalue weighted by atomic mass is 10.1. The normalized spacial score (nSPS) is 13.1. The summed E-state index contributed by atoms with van der Waals surface area (Å²) in [6.07, 6.45) is 1.01. The van der Waals surface area contributed by atoms with Gasteiger partial charge in [-0.1, -0.05) is 17.7 Å². The Hall–Kier alpha value is -1.97. The van der Waals surface area contributed by atoms with Gasteiger partial charge in [-0.2, -0.15) is 9.76 Å². The molecule has 2 atom stereocenters. The minimum Gasteiger partial charge on any atom is -0.370 e. The number of guanidine groups is 1. The molecule has 2 unspecified atom stereocenters. The highest BCUT2D eigenvalue weighted by atomic mass is 32.2. The topological polar surface area (TPSA) is 132 Å². The first-order valence-corrected chi connectivity index (χ1v) is 8.19. The van der Waals surface area contributed by atoms with Gasteiger partial charge in [0.05, 0.1) is 4.90 Å². The van der Waals surface area contributed by atoms with Crippen molar-refractivity contribution in [3.8, 4) is 0 Å². The molecule has 0 aromatic heterocycles. The van der Waals surface area contributed by atoms with Gasteiger partial charge in [0.1, 0.15) is 6.04 Å². The number of aryl methyl sites for hydroxylation is 1. The molecule has 1 rings (SSSR count). The summed E-state index contributed by atoms with van der Waals surface area (Å²) in [6, 6.07) is 6.44. The molecule has 6 N–H and O–H groups in total. The predicted molar refractivity (Wildman–Crippen MR) is 89.6 cm³/mol. The number of rotatable bonds is 9. The van der Waals surface area contributed by atoms with E-state index in [4.69, 9.17) is 15.8 Å². The van der Waals surface area contributed by atoms with Gasteiger partial charge in [-0.25, -0.2) is 4.21 Å². The molecule has 0 spiro atoms. The molecule has 23 heavy (non-hydrogen) atoms. The maximum atomic E-state index is 12.0. The largest absolute Gasteiger partial charge is 0.370 e. The van der Waals surface area contributed by atoms with Crippen LogP contribution >= 0.6 is 0 Å². The summed E-state index contributed by atoms with van der Waals surface area (Å²) in [5.41, 5.74) is 14.1. The highest BCUT2D eigenvalue weighted by Gasteiger charge is 2.18. The Bertz CT molecular complexity index is 558. The van der Waals surface area contributed by atoms with E-state index in [1.54, 1.807) is 12.1 Å². The number of carbonyl (C=O) groups excluding carboxylic acids is 1. The Labute approximate surface area is 138 Å². The fourth-order valence-corrected chi connectivity index (χ4v) is 2.38. The van der Waals surface area contributed by atoms with Crippen molar-refractivity contribution in [2.24, 2.45) is 16.5 Å². The van der Waals surface area contributed by atoms with Crippen molar-refractivity contribution in [2.45, 2.75) is 30.7 Å². The van der Waals surface area contributed by atoms with Crippen LogP contribution in [0.2, 0.25) is 0 Å². The standard InChI is InChI=1S/C14H23N5O3S/c1-10-5-7-11(8-6-10)23(21)22-19-12(13(20)17-2)4-3-9-18-14(15)16/h5-8,12,19H,3-4,9H2,1-2H3,(H,17,20)(H4,15,16,18). The average Bonchev–Trinajstić information content (AvgIpc) is 2.53. The van der Waals surface area contributed by atoms with Crippen molar-refractivity contribution in [3.05, 3.63) is 29.8 Å². The van der Waals surface area contributed by atoms with Gasteiger partial charge in [0, 0.05) is 13.6 Å². The van der Waals surface area contributed by atoms with Crippen LogP contribution in [-0.2, 0) is 20.2 Å². The predicted octanol–water partition coefficient (Wildman–Crippen LogP) is -0.293. The second-order valence-electron chi connectivity index (χ2n) is 4.86. The van der Waals surface area contributed by atoms with Gasteiger partial charge in [-0.3, -0.25) is 9.79 Å². The van der Waals surface area contributed by atoms with E-state index in [9.17, 15) is 9.00 Å². The third kappa shape index (κ3) is 7.22. The van der Waals surface area contributed by atoms with Gasteiger partial charge in [0.15, 0.2) is 5.96 Å². The van der Waals surface area contributed by atoms with Crippen LogP contribution in [0.15, 0.2) is 34.2 Å². The number of nitrogens with two attached hydrogens (primary N) is 2. The molecule has 0 aliphatic carbocycles. The first-order chi connectivity index (χ1) is 10.9. The van der Waals surface area contributed by atoms with E-state index in [-0.39, 0.29) is 11.9 Å². The number of nitrogens with one attached hydrogen (secondary N) is 2. The Balaban J connectivity index is 2.53. The highest BCUT2D eigenvalue weighted by molar-refractivity contribution is 7.80. The number of nitrogens with zero attached hydrogens (tertiary/aromatic N) is 1. The monoisotopic (exact) mass is 341 g/mol. The molecule has 0 saturated carbocycles. The zero-order valence-corrected chi connectivity index (χ0v) is 14.1. The second-order valence-corrected chi connectivity index (χ2v) is 5.97. The summed E-state index contributed by atoms with van der Waals surface area (Å²) >= 11 is -1.70. The molecule has 0 aliphatic rings. The molecule has 0 heterocycles. The number of likely N-dealkylation sites (N-methyl/N-ethyl adjacent to an activating group) is 1. The number of amides is 1. The molecule has 0 aliphatic heterocycles. The fourth-order valence-electron chi connectivity index (χ4n) is 1.72. The van der Waals surface area contributed by atoms with Gasteiger partial charge >= 0.3 is 0 Å². The lowest BCUT2D eigenvalue weighted by Gasteiger charge is -2.15. The van der Waals surface area contributed by atoms with Crippen molar-refractivity contribution in [1.82, 2.24) is 10.8 Å². The summed E-state index contributed by atoms with van der Waals surface area (Å²) < 4.78 is 17.1. The number of hydroxylamine groups is 1. The summed E-state index contributed by atoms with van der Waals surface area (Å²) in [6.45, 7) is 2.34. The molecule has 0 fully saturated rings. The Kier molecular flexibility index (Phi) is 8.23. The number of hydrogen-bond acceptors (Lipinski definition) is 5. The third-order valence-corrected chi connectivity index (χ3v) is 3.89. The molecule has 0 bridgehead atoms. The van der Waals surface area contributed by atoms with E-state index in [0.717, 1.165) is 5.56 Å². The molecule has 0 saturated heterocycles. The molecule has 1 aromatic carbocycles. The van der Waals surface area contributed by atoms with Gasteiger partial charge in [0.25, 0.3) is 0 Å². The zero-order valence-electron chi connectivity index (χ0n) is 13.2. The molecular weight excluding hydrogens is 318 g/mol. The van der Waals surface area contributed by atoms with Gasteiger partial charge in [-0.15, -0.1) is 0 Å². The van der Waals surface area contributed by atoms with Crippen LogP contribution in [0.25, 0.3) is 0 Å². The van der Waals surface area contributed by atoms with Crippen molar-refractivity contribution in [2.75, 3.05) is 13.6 Å². The van der Waals surface area contributed by atoms with E-state index in [2.05, 4.69) is 15.8 Å². The second kappa shape index (κ2) is 9.93. The minimum absolute atomic E-state index is 0.00572. The Morgan fingerprint density at radius 2 is 2.00 bits per heavy atom. The Morgan fingerprint density at radius 1 is 1.35 bits per heavy atom. The van der Waals surface area contributed by atoms with Crippen LogP contribution in [0.1, 0.15) is 18.4 Å². The van der Waals surface area contributed by atoms with E-state index in [0.29, 0.717) is 24.3 Å². The van der Waals surface area contributed by atoms with E-state index in [1.807, 2.05) is 19.1 Å². The maximum absolute atomic E-state index is 12.0. The fraction of sp³-hybridized carbons (Fsp3) is 0.429. The van der Waals surface area contributed by atoms with Gasteiger partial charge < -0.3 is 16.8 Å². The van der Waals surface area contributed by atoms with Crippen LogP contribution in [0.4, 0.5) is 0 Å². The van der Waals surface area contributed by atoms with Gasteiger partial charge in [0.2, 0.25) is 17.0 Å². The SMILES string of the molecule is CNC(=O)C(CCCN=C(N)N)NOS(=O)c1ccc(C)cc1. The minimum atomic E-state index is -1.70. The molecule has 8 nitrogen and oxygen atoms in total. The summed E-state index contributed by atoms with van der Waals surface area (Å²) in [7, 11) is 1.52.